The highest BCUT2D eigenvalue weighted by atomic mass is 79.9. The highest BCUT2D eigenvalue weighted by molar-refractivity contribution is 9.10. The average Bonchev–Trinajstić information content (AvgIpc) is 2.04. The topological polar surface area (TPSA) is 22.1 Å². The quantitative estimate of drug-likeness (QED) is 0.606. The molecule has 0 saturated carbocycles. The molecule has 0 aliphatic heterocycles. The summed E-state index contributed by atoms with van der Waals surface area (Å²) in [5.41, 5.74) is 0. The summed E-state index contributed by atoms with van der Waals surface area (Å²) in [5.74, 6) is 1.86. The van der Waals surface area contributed by atoms with Crippen LogP contribution in [0, 0.1) is 0 Å². The first-order chi connectivity index (χ1) is 5.76. The second-order valence-corrected chi connectivity index (χ2v) is 4.20. The Bertz CT molecular complexity index is 267. The van der Waals surface area contributed by atoms with E-state index >= 15 is 0 Å². The summed E-state index contributed by atoms with van der Waals surface area (Å²) in [5, 5.41) is 0.990. The summed E-state index contributed by atoms with van der Waals surface area (Å²) >= 11 is 5.02. The molecule has 66 valence electrons. The summed E-state index contributed by atoms with van der Waals surface area (Å²) in [6.45, 7) is 2.10. The van der Waals surface area contributed by atoms with Crippen molar-refractivity contribution in [2.24, 2.45) is 0 Å². The molecular formula is C8H10BrNOS. The van der Waals surface area contributed by atoms with Crippen molar-refractivity contribution in [2.45, 2.75) is 11.9 Å². The molecule has 0 aromatic carbocycles. The molecule has 4 heteroatoms. The number of pyridine rings is 1. The summed E-state index contributed by atoms with van der Waals surface area (Å²) in [6.07, 6.45) is 0. The lowest BCUT2D eigenvalue weighted by Crippen LogP contribution is -1.87. The minimum absolute atomic E-state index is 0.817. The molecule has 0 unspecified atom stereocenters. The van der Waals surface area contributed by atoms with Crippen molar-refractivity contribution in [3.05, 3.63) is 16.7 Å². The Morgan fingerprint density at radius 2 is 2.33 bits per heavy atom. The Morgan fingerprint density at radius 1 is 1.58 bits per heavy atom. The number of aromatic nitrogens is 1. The Morgan fingerprint density at radius 3 is 2.92 bits per heavy atom. The highest BCUT2D eigenvalue weighted by Gasteiger charge is 1.99. The molecule has 0 radical (unpaired) electrons. The minimum atomic E-state index is 0.817. The van der Waals surface area contributed by atoms with E-state index in [1.807, 2.05) is 12.1 Å². The smallest absolute Gasteiger partial charge is 0.124 e. The average molecular weight is 248 g/mol. The molecule has 0 aliphatic carbocycles. The van der Waals surface area contributed by atoms with Crippen LogP contribution in [-0.4, -0.2) is 17.8 Å². The highest BCUT2D eigenvalue weighted by Crippen LogP contribution is 2.24. The molecule has 0 atom stereocenters. The molecule has 1 heterocycles. The van der Waals surface area contributed by atoms with Crippen LogP contribution in [0.25, 0.3) is 0 Å². The second kappa shape index (κ2) is 4.72. The molecule has 0 N–H and O–H groups in total. The van der Waals surface area contributed by atoms with Crippen LogP contribution in [0.15, 0.2) is 21.8 Å². The van der Waals surface area contributed by atoms with Crippen molar-refractivity contribution in [1.29, 1.82) is 0 Å². The molecule has 0 fully saturated rings. The van der Waals surface area contributed by atoms with E-state index in [2.05, 4.69) is 27.8 Å². The maximum atomic E-state index is 5.10. The van der Waals surface area contributed by atoms with Gasteiger partial charge in [-0.3, -0.25) is 0 Å². The van der Waals surface area contributed by atoms with Crippen LogP contribution in [0.1, 0.15) is 6.92 Å². The number of ether oxygens (including phenoxy) is 1. The van der Waals surface area contributed by atoms with E-state index in [0.29, 0.717) is 0 Å². The van der Waals surface area contributed by atoms with Gasteiger partial charge >= 0.3 is 0 Å². The third-order valence-corrected chi connectivity index (χ3v) is 2.47. The molecule has 0 spiro atoms. The first-order valence-corrected chi connectivity index (χ1v) is 5.38. The van der Waals surface area contributed by atoms with E-state index in [1.165, 1.54) is 0 Å². The summed E-state index contributed by atoms with van der Waals surface area (Å²) in [6, 6.07) is 3.78. The van der Waals surface area contributed by atoms with E-state index in [0.717, 1.165) is 21.1 Å². The summed E-state index contributed by atoms with van der Waals surface area (Å²) in [4.78, 5) is 4.27. The fraction of sp³-hybridized carbons (Fsp3) is 0.375. The van der Waals surface area contributed by atoms with Gasteiger partial charge in [0.2, 0.25) is 0 Å². The van der Waals surface area contributed by atoms with Crippen molar-refractivity contribution in [2.75, 3.05) is 12.9 Å². The van der Waals surface area contributed by atoms with E-state index in [9.17, 15) is 0 Å². The first-order valence-electron chi connectivity index (χ1n) is 3.60. The fourth-order valence-electron chi connectivity index (χ4n) is 0.790. The van der Waals surface area contributed by atoms with Crippen LogP contribution in [0.3, 0.4) is 0 Å². The van der Waals surface area contributed by atoms with Gasteiger partial charge in [0.05, 0.1) is 7.11 Å². The van der Waals surface area contributed by atoms with Gasteiger partial charge in [-0.05, 0) is 21.7 Å². The zero-order chi connectivity index (χ0) is 8.97. The molecule has 0 aliphatic rings. The number of hydrogen-bond acceptors (Lipinski definition) is 3. The second-order valence-electron chi connectivity index (χ2n) is 2.10. The molecule has 0 amide bonds. The van der Waals surface area contributed by atoms with Gasteiger partial charge in [0.15, 0.2) is 0 Å². The minimum Gasteiger partial charge on any atom is -0.497 e. The zero-order valence-electron chi connectivity index (χ0n) is 7.00. The molecule has 0 saturated heterocycles. The van der Waals surface area contributed by atoms with Crippen molar-refractivity contribution in [1.82, 2.24) is 4.98 Å². The van der Waals surface area contributed by atoms with Crippen LogP contribution in [-0.2, 0) is 0 Å². The monoisotopic (exact) mass is 247 g/mol. The van der Waals surface area contributed by atoms with Crippen LogP contribution in [0.2, 0.25) is 0 Å². The third kappa shape index (κ3) is 2.68. The maximum Gasteiger partial charge on any atom is 0.124 e. The number of hydrogen-bond donors (Lipinski definition) is 0. The van der Waals surface area contributed by atoms with Crippen molar-refractivity contribution >= 4 is 27.7 Å². The lowest BCUT2D eigenvalue weighted by Gasteiger charge is -2.02. The standard InChI is InChI=1S/C8H10BrNOS/c1-3-12-8-5-6(11-2)4-7(9)10-8/h4-5H,3H2,1-2H3. The van der Waals surface area contributed by atoms with Crippen LogP contribution < -0.4 is 4.74 Å². The largest absolute Gasteiger partial charge is 0.497 e. The van der Waals surface area contributed by atoms with Gasteiger partial charge in [0.1, 0.15) is 15.4 Å². The van der Waals surface area contributed by atoms with E-state index in [-0.39, 0.29) is 0 Å². The first kappa shape index (κ1) is 9.86. The predicted molar refractivity (Wildman–Crippen MR) is 54.9 cm³/mol. The molecule has 12 heavy (non-hydrogen) atoms. The van der Waals surface area contributed by atoms with E-state index < -0.39 is 0 Å². The van der Waals surface area contributed by atoms with Gasteiger partial charge in [0.25, 0.3) is 0 Å². The molecular weight excluding hydrogens is 238 g/mol. The Balaban J connectivity index is 2.90. The summed E-state index contributed by atoms with van der Waals surface area (Å²) in [7, 11) is 1.65. The van der Waals surface area contributed by atoms with Crippen LogP contribution >= 0.6 is 27.7 Å². The Labute approximate surface area is 84.9 Å². The van der Waals surface area contributed by atoms with E-state index in [4.69, 9.17) is 4.74 Å². The van der Waals surface area contributed by atoms with Gasteiger partial charge in [0, 0.05) is 12.1 Å². The maximum absolute atomic E-state index is 5.10. The zero-order valence-corrected chi connectivity index (χ0v) is 9.41. The molecule has 1 rings (SSSR count). The number of halogens is 1. The molecule has 0 bridgehead atoms. The summed E-state index contributed by atoms with van der Waals surface area (Å²) < 4.78 is 5.92. The third-order valence-electron chi connectivity index (χ3n) is 1.27. The number of nitrogens with zero attached hydrogens (tertiary/aromatic N) is 1. The molecule has 2 nitrogen and oxygen atoms in total. The van der Waals surface area contributed by atoms with Crippen LogP contribution in [0.4, 0.5) is 0 Å². The predicted octanol–water partition coefficient (Wildman–Crippen LogP) is 2.96. The number of rotatable bonds is 3. The lowest BCUT2D eigenvalue weighted by molar-refractivity contribution is 0.412. The SMILES string of the molecule is CCSc1cc(OC)cc(Br)n1. The number of methoxy groups -OCH3 is 1. The fourth-order valence-corrected chi connectivity index (χ4v) is 1.98. The van der Waals surface area contributed by atoms with Gasteiger partial charge < -0.3 is 4.74 Å². The normalized spacial score (nSPS) is 9.92. The van der Waals surface area contributed by atoms with E-state index in [1.54, 1.807) is 18.9 Å². The van der Waals surface area contributed by atoms with Gasteiger partial charge in [-0.2, -0.15) is 0 Å². The van der Waals surface area contributed by atoms with Crippen LogP contribution in [0.5, 0.6) is 5.75 Å². The lowest BCUT2D eigenvalue weighted by atomic mass is 10.5. The number of thioether (sulfide) groups is 1. The van der Waals surface area contributed by atoms with Gasteiger partial charge in [-0.1, -0.05) is 6.92 Å². The molecule has 1 aromatic heterocycles. The van der Waals surface area contributed by atoms with Crippen molar-refractivity contribution < 1.29 is 4.74 Å². The Hall–Kier alpha value is -0.220. The van der Waals surface area contributed by atoms with Crippen molar-refractivity contribution in [3.8, 4) is 5.75 Å². The van der Waals surface area contributed by atoms with Crippen molar-refractivity contribution in [3.63, 3.8) is 0 Å². The van der Waals surface area contributed by atoms with Gasteiger partial charge in [-0.25, -0.2) is 4.98 Å². The molecule has 1 aromatic rings. The Kier molecular flexibility index (Phi) is 3.88. The van der Waals surface area contributed by atoms with Gasteiger partial charge in [-0.15, -0.1) is 11.8 Å².